The second-order valence-electron chi connectivity index (χ2n) is 4.27. The average molecular weight is 442 g/mol. The van der Waals surface area contributed by atoms with E-state index in [-0.39, 0.29) is 30.0 Å². The van der Waals surface area contributed by atoms with Crippen LogP contribution in [0, 0.1) is 6.92 Å². The van der Waals surface area contributed by atoms with Gasteiger partial charge in [-0.3, -0.25) is 0 Å². The number of nitrogens with zero attached hydrogens (tertiary/aromatic N) is 1. The maximum atomic E-state index is 5.81. The number of halogens is 2. The SMILES string of the molecule is COCC(C)NC(N)=NCc1ccc(Br)cc1C.I. The Morgan fingerprint density at radius 3 is 2.79 bits per heavy atom. The molecular weight excluding hydrogens is 421 g/mol. The van der Waals surface area contributed by atoms with Crippen LogP contribution in [0.15, 0.2) is 27.7 Å². The van der Waals surface area contributed by atoms with Gasteiger partial charge in [0.2, 0.25) is 0 Å². The van der Waals surface area contributed by atoms with E-state index in [0.717, 1.165) is 4.47 Å². The minimum Gasteiger partial charge on any atom is -0.383 e. The van der Waals surface area contributed by atoms with E-state index in [1.165, 1.54) is 11.1 Å². The highest BCUT2D eigenvalue weighted by Gasteiger charge is 2.02. The van der Waals surface area contributed by atoms with Gasteiger partial charge in [0.05, 0.1) is 13.2 Å². The summed E-state index contributed by atoms with van der Waals surface area (Å²) in [5, 5.41) is 3.08. The molecule has 3 N–H and O–H groups in total. The number of nitrogens with two attached hydrogens (primary N) is 1. The highest BCUT2D eigenvalue weighted by atomic mass is 127. The fourth-order valence-electron chi connectivity index (χ4n) is 1.60. The first-order valence-corrected chi connectivity index (χ1v) is 6.62. The zero-order valence-electron chi connectivity index (χ0n) is 11.4. The molecule has 1 aromatic carbocycles. The van der Waals surface area contributed by atoms with Crippen molar-refractivity contribution in [2.45, 2.75) is 26.4 Å². The topological polar surface area (TPSA) is 59.6 Å². The molecule has 1 rings (SSSR count). The smallest absolute Gasteiger partial charge is 0.189 e. The third-order valence-electron chi connectivity index (χ3n) is 2.54. The molecule has 0 heterocycles. The van der Waals surface area contributed by atoms with E-state index in [1.54, 1.807) is 7.11 Å². The van der Waals surface area contributed by atoms with Crippen molar-refractivity contribution in [3.05, 3.63) is 33.8 Å². The van der Waals surface area contributed by atoms with E-state index in [2.05, 4.69) is 45.3 Å². The Labute approximate surface area is 140 Å². The van der Waals surface area contributed by atoms with Gasteiger partial charge >= 0.3 is 0 Å². The van der Waals surface area contributed by atoms with Gasteiger partial charge in [0.1, 0.15) is 0 Å². The largest absolute Gasteiger partial charge is 0.383 e. The normalized spacial score (nSPS) is 12.7. The summed E-state index contributed by atoms with van der Waals surface area (Å²) in [6.07, 6.45) is 0. The van der Waals surface area contributed by atoms with Crippen LogP contribution in [0.4, 0.5) is 0 Å². The van der Waals surface area contributed by atoms with Crippen LogP contribution in [0.5, 0.6) is 0 Å². The molecule has 0 aromatic heterocycles. The molecule has 0 amide bonds. The maximum absolute atomic E-state index is 5.81. The Morgan fingerprint density at radius 1 is 1.53 bits per heavy atom. The van der Waals surface area contributed by atoms with Crippen LogP contribution in [0.2, 0.25) is 0 Å². The van der Waals surface area contributed by atoms with Gasteiger partial charge in [0.25, 0.3) is 0 Å². The third kappa shape index (κ3) is 7.12. The molecule has 1 unspecified atom stereocenters. The lowest BCUT2D eigenvalue weighted by Crippen LogP contribution is -2.40. The first-order valence-electron chi connectivity index (χ1n) is 5.83. The third-order valence-corrected chi connectivity index (χ3v) is 3.03. The summed E-state index contributed by atoms with van der Waals surface area (Å²) < 4.78 is 6.10. The summed E-state index contributed by atoms with van der Waals surface area (Å²) in [5.74, 6) is 0.446. The van der Waals surface area contributed by atoms with Crippen LogP contribution in [-0.2, 0) is 11.3 Å². The molecule has 0 radical (unpaired) electrons. The Balaban J connectivity index is 0.00000324. The van der Waals surface area contributed by atoms with Crippen molar-refractivity contribution in [1.29, 1.82) is 0 Å². The predicted octanol–water partition coefficient (Wildman–Crippen LogP) is 2.81. The standard InChI is InChI=1S/C13H20BrN3O.HI/c1-9-6-12(14)5-4-11(9)7-16-13(15)17-10(2)8-18-3;/h4-6,10H,7-8H2,1-3H3,(H3,15,16,17);1H. The van der Waals surface area contributed by atoms with E-state index >= 15 is 0 Å². The number of aryl methyl sites for hydroxylation is 1. The zero-order valence-corrected chi connectivity index (χ0v) is 15.4. The molecule has 6 heteroatoms. The van der Waals surface area contributed by atoms with Crippen LogP contribution < -0.4 is 11.1 Å². The van der Waals surface area contributed by atoms with Crippen LogP contribution in [0.25, 0.3) is 0 Å². The molecule has 0 aliphatic heterocycles. The maximum Gasteiger partial charge on any atom is 0.189 e. The number of benzene rings is 1. The number of ether oxygens (including phenoxy) is 1. The van der Waals surface area contributed by atoms with Gasteiger partial charge < -0.3 is 15.8 Å². The fourth-order valence-corrected chi connectivity index (χ4v) is 2.07. The Kier molecular flexibility index (Phi) is 9.38. The summed E-state index contributed by atoms with van der Waals surface area (Å²) in [5.41, 5.74) is 8.18. The minimum atomic E-state index is 0. The summed E-state index contributed by atoms with van der Waals surface area (Å²) in [7, 11) is 1.66. The molecule has 1 aromatic rings. The highest BCUT2D eigenvalue weighted by molar-refractivity contribution is 14.0. The molecule has 0 saturated carbocycles. The number of nitrogens with one attached hydrogen (secondary N) is 1. The van der Waals surface area contributed by atoms with E-state index in [4.69, 9.17) is 10.5 Å². The van der Waals surface area contributed by atoms with E-state index in [0.29, 0.717) is 19.1 Å². The Bertz CT molecular complexity index is 426. The molecule has 19 heavy (non-hydrogen) atoms. The van der Waals surface area contributed by atoms with Gasteiger partial charge in [0, 0.05) is 17.6 Å². The minimum absolute atomic E-state index is 0. The summed E-state index contributed by atoms with van der Waals surface area (Å²) in [4.78, 5) is 4.32. The fraction of sp³-hybridized carbons (Fsp3) is 0.462. The molecule has 0 saturated heterocycles. The van der Waals surface area contributed by atoms with Crippen LogP contribution >= 0.6 is 39.9 Å². The molecule has 0 spiro atoms. The van der Waals surface area contributed by atoms with Crippen molar-refractivity contribution in [3.63, 3.8) is 0 Å². The Morgan fingerprint density at radius 2 is 2.21 bits per heavy atom. The molecule has 0 bridgehead atoms. The first-order chi connectivity index (χ1) is 8.52. The van der Waals surface area contributed by atoms with Crippen LogP contribution in [0.1, 0.15) is 18.1 Å². The molecule has 0 aliphatic rings. The number of rotatable bonds is 5. The van der Waals surface area contributed by atoms with Gasteiger partial charge in [-0.25, -0.2) is 4.99 Å². The van der Waals surface area contributed by atoms with Crippen molar-refractivity contribution in [1.82, 2.24) is 5.32 Å². The predicted molar refractivity (Wildman–Crippen MR) is 94.1 cm³/mol. The second kappa shape index (κ2) is 9.55. The van der Waals surface area contributed by atoms with Crippen molar-refractivity contribution in [3.8, 4) is 0 Å². The summed E-state index contributed by atoms with van der Waals surface area (Å²) in [6, 6.07) is 6.29. The molecule has 0 fully saturated rings. The average Bonchev–Trinajstić information content (AvgIpc) is 2.28. The van der Waals surface area contributed by atoms with Crippen molar-refractivity contribution in [2.24, 2.45) is 10.7 Å². The highest BCUT2D eigenvalue weighted by Crippen LogP contribution is 2.16. The number of methoxy groups -OCH3 is 1. The van der Waals surface area contributed by atoms with E-state index in [1.807, 2.05) is 13.0 Å². The zero-order chi connectivity index (χ0) is 13.5. The summed E-state index contributed by atoms with van der Waals surface area (Å²) in [6.45, 7) is 5.24. The second-order valence-corrected chi connectivity index (χ2v) is 5.19. The van der Waals surface area contributed by atoms with Gasteiger partial charge in [-0.2, -0.15) is 0 Å². The molecular formula is C13H21BrIN3O. The lowest BCUT2D eigenvalue weighted by atomic mass is 10.1. The summed E-state index contributed by atoms with van der Waals surface area (Å²) >= 11 is 3.44. The molecule has 0 aliphatic carbocycles. The molecule has 1 atom stereocenters. The monoisotopic (exact) mass is 441 g/mol. The van der Waals surface area contributed by atoms with Crippen LogP contribution in [-0.4, -0.2) is 25.7 Å². The lowest BCUT2D eigenvalue weighted by Gasteiger charge is -2.13. The Hall–Kier alpha value is -0.340. The van der Waals surface area contributed by atoms with Gasteiger partial charge in [-0.15, -0.1) is 24.0 Å². The van der Waals surface area contributed by atoms with Crippen molar-refractivity contribution >= 4 is 45.9 Å². The molecule has 108 valence electrons. The van der Waals surface area contributed by atoms with Gasteiger partial charge in [-0.05, 0) is 37.1 Å². The van der Waals surface area contributed by atoms with E-state index < -0.39 is 0 Å². The molecule has 4 nitrogen and oxygen atoms in total. The number of guanidine groups is 1. The quantitative estimate of drug-likeness (QED) is 0.419. The van der Waals surface area contributed by atoms with Gasteiger partial charge in [0.15, 0.2) is 5.96 Å². The van der Waals surface area contributed by atoms with Crippen LogP contribution in [0.3, 0.4) is 0 Å². The lowest BCUT2D eigenvalue weighted by molar-refractivity contribution is 0.179. The van der Waals surface area contributed by atoms with Crippen molar-refractivity contribution < 1.29 is 4.74 Å². The number of aliphatic imine (C=N–C) groups is 1. The van der Waals surface area contributed by atoms with Gasteiger partial charge in [-0.1, -0.05) is 22.0 Å². The van der Waals surface area contributed by atoms with E-state index in [9.17, 15) is 0 Å². The number of hydrogen-bond acceptors (Lipinski definition) is 2. The first kappa shape index (κ1) is 18.7. The van der Waals surface area contributed by atoms with Crippen molar-refractivity contribution in [2.75, 3.05) is 13.7 Å². The number of hydrogen-bond donors (Lipinski definition) is 2.